The van der Waals surface area contributed by atoms with E-state index in [1.54, 1.807) is 36.7 Å². The zero-order valence-corrected chi connectivity index (χ0v) is 22.8. The van der Waals surface area contributed by atoms with E-state index >= 15 is 0 Å². The number of carbonyl (C=O) groups is 2. The number of aliphatic hydroxyl groups excluding tert-OH is 1. The van der Waals surface area contributed by atoms with Crippen LogP contribution in [0.3, 0.4) is 0 Å². The van der Waals surface area contributed by atoms with E-state index in [0.717, 1.165) is 31.9 Å². The lowest BCUT2D eigenvalue weighted by Gasteiger charge is -2.34. The molecule has 1 fully saturated rings. The molecule has 9 nitrogen and oxygen atoms in total. The minimum atomic E-state index is -0.892. The minimum absolute atomic E-state index is 0.0452. The predicted octanol–water partition coefficient (Wildman–Crippen LogP) is 5.02. The Kier molecular flexibility index (Phi) is 6.69. The van der Waals surface area contributed by atoms with E-state index in [1.165, 1.54) is 18.1 Å². The highest BCUT2D eigenvalue weighted by atomic mass is 35.5. The molecule has 1 unspecified atom stereocenters. The van der Waals surface area contributed by atoms with Gasteiger partial charge in [-0.3, -0.25) is 19.5 Å². The summed E-state index contributed by atoms with van der Waals surface area (Å²) in [7, 11) is 3.58. The number of nitrogens with zero attached hydrogens (tertiary/aromatic N) is 4. The summed E-state index contributed by atoms with van der Waals surface area (Å²) in [5.74, 6) is -1.58. The van der Waals surface area contributed by atoms with Crippen LogP contribution < -0.4 is 14.5 Å². The Morgan fingerprint density at radius 1 is 1.02 bits per heavy atom. The molecule has 0 saturated carbocycles. The molecule has 2 aliphatic rings. The van der Waals surface area contributed by atoms with Gasteiger partial charge in [0.05, 0.1) is 18.7 Å². The summed E-state index contributed by atoms with van der Waals surface area (Å²) < 4.78 is 11.3. The molecule has 40 heavy (non-hydrogen) atoms. The van der Waals surface area contributed by atoms with E-state index < -0.39 is 23.5 Å². The Labute approximate surface area is 235 Å². The largest absolute Gasteiger partial charge is 0.503 e. The van der Waals surface area contributed by atoms with Crippen LogP contribution in [0.25, 0.3) is 11.0 Å². The summed E-state index contributed by atoms with van der Waals surface area (Å²) in [6, 6.07) is 14.9. The van der Waals surface area contributed by atoms with E-state index in [-0.39, 0.29) is 11.3 Å². The lowest BCUT2D eigenvalue weighted by atomic mass is 9.95. The molecule has 4 heterocycles. The summed E-state index contributed by atoms with van der Waals surface area (Å²) in [4.78, 5) is 37.6. The number of likely N-dealkylation sites (N-methyl/N-ethyl adjacent to an activating group) is 1. The summed E-state index contributed by atoms with van der Waals surface area (Å²) in [6.07, 6.45) is 3.17. The first kappa shape index (κ1) is 25.9. The number of aromatic nitrogens is 1. The molecule has 2 aromatic heterocycles. The number of methoxy groups -OCH3 is 1. The molecule has 2 aromatic carbocycles. The number of Topliss-reactive ketones (excluding diaryl/α,β-unsaturated/α-hetero) is 1. The van der Waals surface area contributed by atoms with Gasteiger partial charge in [-0.2, -0.15) is 0 Å². The molecule has 0 radical (unpaired) electrons. The molecule has 2 aliphatic heterocycles. The fourth-order valence-corrected chi connectivity index (χ4v) is 5.55. The Hall–Kier alpha value is -4.34. The van der Waals surface area contributed by atoms with Gasteiger partial charge in [-0.15, -0.1) is 0 Å². The van der Waals surface area contributed by atoms with Crippen molar-refractivity contribution in [3.05, 3.63) is 94.7 Å². The molecule has 0 aliphatic carbocycles. The molecular formula is C30H27ClN4O5. The molecule has 1 saturated heterocycles. The van der Waals surface area contributed by atoms with Gasteiger partial charge in [0.25, 0.3) is 5.91 Å². The van der Waals surface area contributed by atoms with Gasteiger partial charge in [0, 0.05) is 66.4 Å². The third kappa shape index (κ3) is 4.47. The lowest BCUT2D eigenvalue weighted by Crippen LogP contribution is -2.44. The maximum atomic E-state index is 13.9. The van der Waals surface area contributed by atoms with E-state index in [0.29, 0.717) is 33.0 Å². The number of benzene rings is 2. The highest BCUT2D eigenvalue weighted by Gasteiger charge is 2.45. The zero-order valence-electron chi connectivity index (χ0n) is 22.0. The van der Waals surface area contributed by atoms with Crippen LogP contribution in [-0.4, -0.2) is 67.0 Å². The highest BCUT2D eigenvalue weighted by molar-refractivity contribution is 6.31. The number of hydrogen-bond acceptors (Lipinski definition) is 8. The van der Waals surface area contributed by atoms with Crippen molar-refractivity contribution < 1.29 is 23.8 Å². The fraction of sp³-hybridized carbons (Fsp3) is 0.233. The first-order valence-electron chi connectivity index (χ1n) is 12.9. The number of pyridine rings is 1. The monoisotopic (exact) mass is 558 g/mol. The number of anilines is 2. The number of hydrogen-bond donors (Lipinski definition) is 1. The second-order valence-corrected chi connectivity index (χ2v) is 10.3. The van der Waals surface area contributed by atoms with Crippen molar-refractivity contribution >= 4 is 45.6 Å². The number of ether oxygens (including phenoxy) is 1. The first-order valence-corrected chi connectivity index (χ1v) is 13.3. The lowest BCUT2D eigenvalue weighted by molar-refractivity contribution is -0.117. The summed E-state index contributed by atoms with van der Waals surface area (Å²) in [5.41, 5.74) is 2.49. The van der Waals surface area contributed by atoms with Crippen LogP contribution in [-0.2, 0) is 4.79 Å². The average molecular weight is 559 g/mol. The van der Waals surface area contributed by atoms with E-state index in [2.05, 4.69) is 21.8 Å². The number of carbonyl (C=O) groups excluding carboxylic acids is 2. The number of fused-ring (bicyclic) bond motifs is 1. The predicted molar refractivity (Wildman–Crippen MR) is 152 cm³/mol. The second-order valence-electron chi connectivity index (χ2n) is 9.89. The van der Waals surface area contributed by atoms with Crippen molar-refractivity contribution in [3.63, 3.8) is 0 Å². The van der Waals surface area contributed by atoms with Gasteiger partial charge in [0.2, 0.25) is 5.78 Å². The normalized spacial score (nSPS) is 18.2. The molecule has 0 spiro atoms. The van der Waals surface area contributed by atoms with Crippen molar-refractivity contribution in [1.82, 2.24) is 9.88 Å². The Bertz CT molecular complexity index is 1630. The van der Waals surface area contributed by atoms with Crippen LogP contribution >= 0.6 is 11.6 Å². The summed E-state index contributed by atoms with van der Waals surface area (Å²) >= 11 is 6.20. The van der Waals surface area contributed by atoms with Crippen LogP contribution in [0.15, 0.2) is 82.7 Å². The van der Waals surface area contributed by atoms with Crippen molar-refractivity contribution in [2.24, 2.45) is 0 Å². The van der Waals surface area contributed by atoms with Gasteiger partial charge in [0.1, 0.15) is 0 Å². The van der Waals surface area contributed by atoms with Crippen molar-refractivity contribution in [3.8, 4) is 5.75 Å². The van der Waals surface area contributed by atoms with Crippen molar-refractivity contribution in [2.45, 2.75) is 6.04 Å². The molecule has 4 aromatic rings. The van der Waals surface area contributed by atoms with E-state index in [1.807, 2.05) is 24.3 Å². The molecule has 0 bridgehead atoms. The SMILES string of the molecule is COc1cc(Cl)cc2cc(C(=O)C3=C(O)C(=O)N(c4ccc(N5CCN(C)CC5)cc4)C3c3ccncc3)oc12. The number of piperazine rings is 1. The van der Waals surface area contributed by atoms with Gasteiger partial charge < -0.3 is 24.1 Å². The van der Waals surface area contributed by atoms with Crippen LogP contribution in [0.1, 0.15) is 22.2 Å². The number of ketones is 1. The highest BCUT2D eigenvalue weighted by Crippen LogP contribution is 2.43. The van der Waals surface area contributed by atoms with Gasteiger partial charge in [0.15, 0.2) is 22.9 Å². The fourth-order valence-electron chi connectivity index (χ4n) is 5.34. The molecule has 1 N–H and O–H groups in total. The Balaban J connectivity index is 1.39. The van der Waals surface area contributed by atoms with Gasteiger partial charge in [-0.05, 0) is 61.1 Å². The Morgan fingerprint density at radius 2 is 1.70 bits per heavy atom. The molecular weight excluding hydrogens is 532 g/mol. The first-order chi connectivity index (χ1) is 19.4. The van der Waals surface area contributed by atoms with Crippen molar-refractivity contribution in [2.75, 3.05) is 50.1 Å². The molecule has 204 valence electrons. The summed E-state index contributed by atoms with van der Waals surface area (Å²) in [5, 5.41) is 12.1. The third-order valence-electron chi connectivity index (χ3n) is 7.46. The second kappa shape index (κ2) is 10.3. The number of furan rings is 1. The molecule has 1 amide bonds. The van der Waals surface area contributed by atoms with Crippen LogP contribution in [0, 0.1) is 0 Å². The Morgan fingerprint density at radius 3 is 2.38 bits per heavy atom. The van der Waals surface area contributed by atoms with Crippen LogP contribution in [0.2, 0.25) is 5.02 Å². The van der Waals surface area contributed by atoms with Crippen LogP contribution in [0.4, 0.5) is 11.4 Å². The topological polar surface area (TPSA) is 99.3 Å². The van der Waals surface area contributed by atoms with Gasteiger partial charge in [-0.1, -0.05) is 11.6 Å². The minimum Gasteiger partial charge on any atom is -0.503 e. The molecule has 6 rings (SSSR count). The zero-order chi connectivity index (χ0) is 28.0. The maximum absolute atomic E-state index is 13.9. The van der Waals surface area contributed by atoms with Gasteiger partial charge >= 0.3 is 0 Å². The quantitative estimate of drug-likeness (QED) is 0.329. The third-order valence-corrected chi connectivity index (χ3v) is 7.68. The summed E-state index contributed by atoms with van der Waals surface area (Å²) in [6.45, 7) is 3.76. The van der Waals surface area contributed by atoms with Gasteiger partial charge in [-0.25, -0.2) is 0 Å². The maximum Gasteiger partial charge on any atom is 0.294 e. The van der Waals surface area contributed by atoms with E-state index in [9.17, 15) is 14.7 Å². The molecule has 1 atom stereocenters. The molecule has 10 heteroatoms. The number of rotatable bonds is 6. The average Bonchev–Trinajstić information content (AvgIpc) is 3.52. The van der Waals surface area contributed by atoms with Crippen molar-refractivity contribution in [1.29, 1.82) is 0 Å². The standard InChI is InChI=1S/C30H27ClN4O5/c1-33-11-13-34(14-12-33)21-3-5-22(6-4-21)35-26(18-7-9-32-10-8-18)25(28(37)30(35)38)27(36)23-16-19-15-20(31)17-24(39-2)29(19)40-23/h3-10,15-17,26,37H,11-14H2,1-2H3. The smallest absolute Gasteiger partial charge is 0.294 e. The van der Waals surface area contributed by atoms with Crippen LogP contribution in [0.5, 0.6) is 5.75 Å². The number of halogens is 1. The van der Waals surface area contributed by atoms with E-state index in [4.69, 9.17) is 20.8 Å². The number of aliphatic hydroxyl groups is 1. The number of amides is 1.